The highest BCUT2D eigenvalue weighted by molar-refractivity contribution is 5.90. The van der Waals surface area contributed by atoms with Crippen LogP contribution in [-0.2, 0) is 25.7 Å². The monoisotopic (exact) mass is 456 g/mol. The standard InChI is InChI=1S/C24H32N4O5/c1-15(27-22(31)19(33-23(25)32)13-21(30)28-24(2,3)4)12-20(29)26-14-17-10-7-9-16-8-5-6-11-18(16)17/h5-11,15,19H,12-14H2,1-4H3,(H2,25,32)(H,26,29)(H,27,31)(H,28,30). The van der Waals surface area contributed by atoms with Crippen LogP contribution in [0.15, 0.2) is 42.5 Å². The van der Waals surface area contributed by atoms with E-state index in [0.717, 1.165) is 16.3 Å². The van der Waals surface area contributed by atoms with Gasteiger partial charge in [0.05, 0.1) is 6.42 Å². The molecule has 0 spiro atoms. The summed E-state index contributed by atoms with van der Waals surface area (Å²) >= 11 is 0. The number of ether oxygens (including phenoxy) is 1. The number of amides is 4. The Morgan fingerprint density at radius 1 is 0.970 bits per heavy atom. The summed E-state index contributed by atoms with van der Waals surface area (Å²) in [7, 11) is 0. The number of nitrogens with two attached hydrogens (primary N) is 1. The molecule has 0 aliphatic rings. The first-order chi connectivity index (χ1) is 15.4. The Hall–Kier alpha value is -3.62. The Labute approximate surface area is 193 Å². The molecule has 0 bridgehead atoms. The third-order valence-corrected chi connectivity index (χ3v) is 4.67. The summed E-state index contributed by atoms with van der Waals surface area (Å²) < 4.78 is 4.81. The van der Waals surface area contributed by atoms with E-state index in [9.17, 15) is 19.2 Å². The Kier molecular flexibility index (Phi) is 8.78. The lowest BCUT2D eigenvalue weighted by atomic mass is 10.0. The van der Waals surface area contributed by atoms with E-state index in [2.05, 4.69) is 16.0 Å². The van der Waals surface area contributed by atoms with Crippen molar-refractivity contribution in [1.82, 2.24) is 16.0 Å². The fraction of sp³-hybridized carbons (Fsp3) is 0.417. The van der Waals surface area contributed by atoms with Gasteiger partial charge in [-0.15, -0.1) is 0 Å². The van der Waals surface area contributed by atoms with E-state index < -0.39 is 35.6 Å². The number of carbonyl (C=O) groups excluding carboxylic acids is 4. The van der Waals surface area contributed by atoms with E-state index in [0.29, 0.717) is 6.54 Å². The molecule has 2 aromatic rings. The average Bonchev–Trinajstić information content (AvgIpc) is 2.69. The van der Waals surface area contributed by atoms with Gasteiger partial charge in [-0.05, 0) is 44.0 Å². The second kappa shape index (κ2) is 11.3. The highest BCUT2D eigenvalue weighted by Crippen LogP contribution is 2.18. The number of carbonyl (C=O) groups is 4. The molecule has 178 valence electrons. The maximum atomic E-state index is 12.5. The van der Waals surface area contributed by atoms with Crippen LogP contribution >= 0.6 is 0 Å². The van der Waals surface area contributed by atoms with Gasteiger partial charge >= 0.3 is 6.09 Å². The molecule has 0 saturated carbocycles. The molecule has 0 fully saturated rings. The van der Waals surface area contributed by atoms with E-state index in [1.807, 2.05) is 42.5 Å². The van der Waals surface area contributed by atoms with Crippen molar-refractivity contribution >= 4 is 34.6 Å². The summed E-state index contributed by atoms with van der Waals surface area (Å²) in [6.07, 6.45) is -2.94. The minimum Gasteiger partial charge on any atom is -0.436 e. The van der Waals surface area contributed by atoms with Crippen LogP contribution in [0.4, 0.5) is 4.79 Å². The molecule has 33 heavy (non-hydrogen) atoms. The average molecular weight is 457 g/mol. The molecule has 5 N–H and O–H groups in total. The minimum absolute atomic E-state index is 0.00792. The lowest BCUT2D eigenvalue weighted by molar-refractivity contribution is -0.136. The molecule has 4 amide bonds. The first kappa shape index (κ1) is 25.6. The minimum atomic E-state index is -1.40. The predicted octanol–water partition coefficient (Wildman–Crippen LogP) is 2.12. The number of rotatable bonds is 9. The van der Waals surface area contributed by atoms with Crippen molar-refractivity contribution in [2.24, 2.45) is 5.73 Å². The zero-order valence-electron chi connectivity index (χ0n) is 19.4. The number of hydrogen-bond acceptors (Lipinski definition) is 5. The van der Waals surface area contributed by atoms with Gasteiger partial charge in [-0.25, -0.2) is 4.79 Å². The van der Waals surface area contributed by atoms with Gasteiger partial charge in [-0.1, -0.05) is 42.5 Å². The second-order valence-electron chi connectivity index (χ2n) is 8.96. The maximum Gasteiger partial charge on any atom is 0.405 e. The van der Waals surface area contributed by atoms with Crippen LogP contribution in [0.3, 0.4) is 0 Å². The summed E-state index contributed by atoms with van der Waals surface area (Å²) in [4.78, 5) is 48.3. The third kappa shape index (κ3) is 8.80. The quantitative estimate of drug-likeness (QED) is 0.458. The SMILES string of the molecule is CC(CC(=O)NCc1cccc2ccccc12)NC(=O)C(CC(=O)NC(C)(C)C)OC(N)=O. The van der Waals surface area contributed by atoms with Crippen LogP contribution in [0.1, 0.15) is 46.1 Å². The summed E-state index contributed by atoms with van der Waals surface area (Å²) in [6, 6.07) is 13.2. The topological polar surface area (TPSA) is 140 Å². The first-order valence-corrected chi connectivity index (χ1v) is 10.8. The highest BCUT2D eigenvalue weighted by Gasteiger charge is 2.28. The molecule has 2 rings (SSSR count). The van der Waals surface area contributed by atoms with Gasteiger partial charge in [-0.2, -0.15) is 0 Å². The largest absolute Gasteiger partial charge is 0.436 e. The number of hydrogen-bond donors (Lipinski definition) is 4. The molecular formula is C24H32N4O5. The molecule has 0 radical (unpaired) electrons. The lowest BCUT2D eigenvalue weighted by Gasteiger charge is -2.23. The van der Waals surface area contributed by atoms with E-state index in [1.165, 1.54) is 0 Å². The fourth-order valence-corrected chi connectivity index (χ4v) is 3.34. The molecule has 0 aromatic heterocycles. The molecule has 2 atom stereocenters. The van der Waals surface area contributed by atoms with Crippen molar-refractivity contribution < 1.29 is 23.9 Å². The van der Waals surface area contributed by atoms with Crippen molar-refractivity contribution in [3.05, 3.63) is 48.0 Å². The van der Waals surface area contributed by atoms with E-state index in [4.69, 9.17) is 10.5 Å². The summed E-state index contributed by atoms with van der Waals surface area (Å²) in [5.41, 5.74) is 5.51. The maximum absolute atomic E-state index is 12.5. The Morgan fingerprint density at radius 3 is 2.30 bits per heavy atom. The number of nitrogens with one attached hydrogen (secondary N) is 3. The van der Waals surface area contributed by atoms with Gasteiger partial charge in [0.1, 0.15) is 0 Å². The van der Waals surface area contributed by atoms with Gasteiger partial charge in [0.25, 0.3) is 5.91 Å². The van der Waals surface area contributed by atoms with Crippen molar-refractivity contribution in [3.63, 3.8) is 0 Å². The molecule has 0 aliphatic carbocycles. The number of primary amides is 1. The van der Waals surface area contributed by atoms with Crippen LogP contribution in [0.2, 0.25) is 0 Å². The van der Waals surface area contributed by atoms with E-state index in [1.54, 1.807) is 27.7 Å². The predicted molar refractivity (Wildman–Crippen MR) is 125 cm³/mol. The summed E-state index contributed by atoms with van der Waals surface area (Å²) in [5.74, 6) is -1.43. The van der Waals surface area contributed by atoms with Crippen LogP contribution in [-0.4, -0.2) is 41.5 Å². The van der Waals surface area contributed by atoms with E-state index >= 15 is 0 Å². The molecule has 0 heterocycles. The molecule has 2 unspecified atom stereocenters. The van der Waals surface area contributed by atoms with Crippen molar-refractivity contribution in [3.8, 4) is 0 Å². The van der Waals surface area contributed by atoms with Crippen LogP contribution < -0.4 is 21.7 Å². The molecule has 9 heteroatoms. The Morgan fingerprint density at radius 2 is 1.64 bits per heavy atom. The van der Waals surface area contributed by atoms with Gasteiger partial charge in [0, 0.05) is 24.5 Å². The van der Waals surface area contributed by atoms with E-state index in [-0.39, 0.29) is 18.7 Å². The first-order valence-electron chi connectivity index (χ1n) is 10.8. The fourth-order valence-electron chi connectivity index (χ4n) is 3.34. The van der Waals surface area contributed by atoms with Gasteiger partial charge in [0.2, 0.25) is 11.8 Å². The normalized spacial score (nSPS) is 13.0. The van der Waals surface area contributed by atoms with Crippen molar-refractivity contribution in [1.29, 1.82) is 0 Å². The van der Waals surface area contributed by atoms with Crippen molar-refractivity contribution in [2.45, 2.75) is 64.8 Å². The number of fused-ring (bicyclic) bond motifs is 1. The zero-order valence-corrected chi connectivity index (χ0v) is 19.4. The zero-order chi connectivity index (χ0) is 24.6. The lowest BCUT2D eigenvalue weighted by Crippen LogP contribution is -2.48. The Bertz CT molecular complexity index is 1010. The Balaban J connectivity index is 1.90. The summed E-state index contributed by atoms with van der Waals surface area (Å²) in [6.45, 7) is 7.35. The van der Waals surface area contributed by atoms with Crippen LogP contribution in [0.25, 0.3) is 10.8 Å². The van der Waals surface area contributed by atoms with Crippen LogP contribution in [0.5, 0.6) is 0 Å². The molecule has 2 aromatic carbocycles. The highest BCUT2D eigenvalue weighted by atomic mass is 16.6. The van der Waals surface area contributed by atoms with Gasteiger partial charge < -0.3 is 26.4 Å². The molecular weight excluding hydrogens is 424 g/mol. The molecule has 9 nitrogen and oxygen atoms in total. The summed E-state index contributed by atoms with van der Waals surface area (Å²) in [5, 5.41) is 10.3. The van der Waals surface area contributed by atoms with Crippen LogP contribution in [0, 0.1) is 0 Å². The molecule has 0 aliphatic heterocycles. The van der Waals surface area contributed by atoms with Gasteiger partial charge in [-0.3, -0.25) is 14.4 Å². The third-order valence-electron chi connectivity index (χ3n) is 4.67. The smallest absolute Gasteiger partial charge is 0.405 e. The number of benzene rings is 2. The second-order valence-corrected chi connectivity index (χ2v) is 8.96. The molecule has 0 saturated heterocycles. The van der Waals surface area contributed by atoms with Crippen molar-refractivity contribution in [2.75, 3.05) is 0 Å². The van der Waals surface area contributed by atoms with Gasteiger partial charge in [0.15, 0.2) is 6.10 Å².